The summed E-state index contributed by atoms with van der Waals surface area (Å²) in [5, 5.41) is 3.43. The third-order valence-corrected chi connectivity index (χ3v) is 7.42. The number of fused-ring (bicyclic) bond motifs is 4. The quantitative estimate of drug-likeness (QED) is 0.279. The first-order valence-electron chi connectivity index (χ1n) is 12.8. The molecule has 5 aromatic rings. The number of nitrogens with one attached hydrogen (secondary N) is 1. The minimum Gasteiger partial charge on any atom is -0.491 e. The lowest BCUT2D eigenvalue weighted by atomic mass is 10.0. The molecule has 0 fully saturated rings. The van der Waals surface area contributed by atoms with Gasteiger partial charge in [0.1, 0.15) is 17.9 Å². The molecule has 3 aromatic carbocycles. The Bertz CT molecular complexity index is 1780. The van der Waals surface area contributed by atoms with E-state index in [1.807, 2.05) is 4.40 Å². The van der Waals surface area contributed by atoms with Crippen LogP contribution >= 0.6 is 0 Å². The van der Waals surface area contributed by atoms with Crippen LogP contribution in [0.1, 0.15) is 44.2 Å². The third kappa shape index (κ3) is 4.49. The Morgan fingerprint density at radius 2 is 1.93 bits per heavy atom. The number of ether oxygens (including phenoxy) is 1. The molecule has 0 unspecified atom stereocenters. The lowest BCUT2D eigenvalue weighted by Crippen LogP contribution is -2.32. The number of likely N-dealkylation sites (N-methyl/N-ethyl adjacent to an activating group) is 1. The smallest absolute Gasteiger partial charge is 0.416 e. The van der Waals surface area contributed by atoms with Crippen LogP contribution in [-0.2, 0) is 12.7 Å². The van der Waals surface area contributed by atoms with Crippen LogP contribution in [0.15, 0.2) is 67.1 Å². The lowest BCUT2D eigenvalue weighted by Gasteiger charge is -2.24. The molecule has 3 heterocycles. The zero-order valence-corrected chi connectivity index (χ0v) is 22.1. The summed E-state index contributed by atoms with van der Waals surface area (Å²) < 4.78 is 46.8. The first kappa shape index (κ1) is 25.7. The number of nitrogens with zero attached hydrogens (tertiary/aromatic N) is 4. The summed E-state index contributed by atoms with van der Waals surface area (Å²) in [6, 6.07) is 14.4. The first-order valence-corrected chi connectivity index (χ1v) is 12.8. The third-order valence-electron chi connectivity index (χ3n) is 7.42. The van der Waals surface area contributed by atoms with Crippen LogP contribution < -0.4 is 10.1 Å². The van der Waals surface area contributed by atoms with Gasteiger partial charge in [0.25, 0.3) is 5.91 Å². The topological polar surface area (TPSA) is 71.8 Å². The van der Waals surface area contributed by atoms with Crippen molar-refractivity contribution in [2.45, 2.75) is 32.6 Å². The molecule has 1 amide bonds. The fourth-order valence-corrected chi connectivity index (χ4v) is 5.17. The van der Waals surface area contributed by atoms with E-state index in [1.54, 1.807) is 37.8 Å². The number of benzene rings is 3. The van der Waals surface area contributed by atoms with E-state index in [0.29, 0.717) is 34.5 Å². The summed E-state index contributed by atoms with van der Waals surface area (Å²) in [6.45, 7) is 4.82. The molecule has 0 aliphatic carbocycles. The van der Waals surface area contributed by atoms with Gasteiger partial charge in [-0.2, -0.15) is 13.2 Å². The fourth-order valence-electron chi connectivity index (χ4n) is 5.17. The van der Waals surface area contributed by atoms with Gasteiger partial charge in [0.05, 0.1) is 35.2 Å². The van der Waals surface area contributed by atoms with Gasteiger partial charge in [0.2, 0.25) is 0 Å². The summed E-state index contributed by atoms with van der Waals surface area (Å²) in [5.74, 6) is 0.538. The summed E-state index contributed by atoms with van der Waals surface area (Å²) >= 11 is 0. The number of halogens is 3. The standard InChI is InChI=1S/C30H26F3N5O2/c1-17-4-5-20(18(2)10-17)13-35-28-25-14-34-16-38(25)24-11-19(6-9-23(24)36-28)29(39)37(3)26-15-40-27-12-21(30(31,32)33)7-8-22(26)27/h4-12,14,16,26H,13,15H2,1-3H3,(H,35,36)/t26-/m1/s1. The molecule has 1 N–H and O–H groups in total. The number of carbonyl (C=O) groups excluding carboxylic acids is 1. The van der Waals surface area contributed by atoms with Gasteiger partial charge >= 0.3 is 6.18 Å². The second kappa shape index (κ2) is 9.55. The molecule has 6 rings (SSSR count). The summed E-state index contributed by atoms with van der Waals surface area (Å²) in [6.07, 6.45) is -1.07. The maximum absolute atomic E-state index is 13.5. The molecule has 204 valence electrons. The van der Waals surface area contributed by atoms with Gasteiger partial charge < -0.3 is 15.0 Å². The number of anilines is 1. The molecule has 10 heteroatoms. The first-order chi connectivity index (χ1) is 19.1. The van der Waals surface area contributed by atoms with Gasteiger partial charge in [-0.05, 0) is 55.3 Å². The van der Waals surface area contributed by atoms with E-state index < -0.39 is 17.8 Å². The summed E-state index contributed by atoms with van der Waals surface area (Å²) in [4.78, 5) is 24.1. The molecule has 0 bridgehead atoms. The highest BCUT2D eigenvalue weighted by Crippen LogP contribution is 2.40. The van der Waals surface area contributed by atoms with Crippen molar-refractivity contribution in [3.8, 4) is 5.75 Å². The zero-order valence-electron chi connectivity index (χ0n) is 22.1. The number of alkyl halides is 3. The monoisotopic (exact) mass is 545 g/mol. The highest BCUT2D eigenvalue weighted by atomic mass is 19.4. The highest BCUT2D eigenvalue weighted by molar-refractivity contribution is 5.98. The number of imidazole rings is 1. The van der Waals surface area contributed by atoms with Crippen LogP contribution in [0.3, 0.4) is 0 Å². The SMILES string of the molecule is Cc1ccc(CNc2nc3ccc(C(=O)N(C)[C@@H]4COc5cc(C(F)(F)F)ccc54)cc3n3cncc23)c(C)c1. The minimum absolute atomic E-state index is 0.0786. The van der Waals surface area contributed by atoms with Crippen molar-refractivity contribution in [1.29, 1.82) is 0 Å². The second-order valence-corrected chi connectivity index (χ2v) is 10.1. The number of amides is 1. The number of hydrogen-bond acceptors (Lipinski definition) is 5. The minimum atomic E-state index is -4.47. The molecule has 7 nitrogen and oxygen atoms in total. The normalized spacial score (nSPS) is 14.8. The van der Waals surface area contributed by atoms with Crippen molar-refractivity contribution in [3.05, 3.63) is 101 Å². The van der Waals surface area contributed by atoms with Crippen molar-refractivity contribution in [2.75, 3.05) is 19.0 Å². The molecular formula is C30H26F3N5O2. The molecule has 40 heavy (non-hydrogen) atoms. The van der Waals surface area contributed by atoms with Crippen molar-refractivity contribution in [3.63, 3.8) is 0 Å². The van der Waals surface area contributed by atoms with E-state index >= 15 is 0 Å². The average Bonchev–Trinajstić information content (AvgIpc) is 3.58. The largest absolute Gasteiger partial charge is 0.491 e. The number of hydrogen-bond donors (Lipinski definition) is 1. The summed E-state index contributed by atoms with van der Waals surface area (Å²) in [7, 11) is 1.62. The Morgan fingerprint density at radius 3 is 2.70 bits per heavy atom. The van der Waals surface area contributed by atoms with Gasteiger partial charge in [-0.25, -0.2) is 9.97 Å². The van der Waals surface area contributed by atoms with Crippen molar-refractivity contribution in [1.82, 2.24) is 19.3 Å². The molecule has 0 radical (unpaired) electrons. The van der Waals surface area contributed by atoms with Crippen molar-refractivity contribution < 1.29 is 22.7 Å². The van der Waals surface area contributed by atoms with Crippen LogP contribution in [0.25, 0.3) is 16.6 Å². The Labute approximate surface area is 228 Å². The summed E-state index contributed by atoms with van der Waals surface area (Å²) in [5.41, 5.74) is 5.92. The van der Waals surface area contributed by atoms with Crippen LogP contribution in [0.5, 0.6) is 5.75 Å². The van der Waals surface area contributed by atoms with Gasteiger partial charge in [-0.15, -0.1) is 0 Å². The molecule has 0 spiro atoms. The maximum atomic E-state index is 13.5. The zero-order chi connectivity index (χ0) is 28.2. The molecule has 0 saturated carbocycles. The van der Waals surface area contributed by atoms with Gasteiger partial charge in [0.15, 0.2) is 5.82 Å². The second-order valence-electron chi connectivity index (χ2n) is 10.1. The van der Waals surface area contributed by atoms with Crippen LogP contribution in [0.4, 0.5) is 19.0 Å². The van der Waals surface area contributed by atoms with E-state index in [0.717, 1.165) is 17.6 Å². The molecule has 2 aromatic heterocycles. The van der Waals surface area contributed by atoms with Crippen molar-refractivity contribution in [2.24, 2.45) is 0 Å². The van der Waals surface area contributed by atoms with E-state index in [2.05, 4.69) is 42.3 Å². The molecule has 1 aliphatic heterocycles. The van der Waals surface area contributed by atoms with Crippen molar-refractivity contribution >= 4 is 28.3 Å². The van der Waals surface area contributed by atoms with E-state index in [1.165, 1.54) is 27.7 Å². The number of aromatic nitrogens is 3. The Balaban J connectivity index is 1.28. The molecular weight excluding hydrogens is 519 g/mol. The predicted octanol–water partition coefficient (Wildman–Crippen LogP) is 6.34. The molecule has 1 aliphatic rings. The van der Waals surface area contributed by atoms with Crippen LogP contribution in [-0.4, -0.2) is 38.8 Å². The Morgan fingerprint density at radius 1 is 1.10 bits per heavy atom. The fraction of sp³-hybridized carbons (Fsp3) is 0.233. The number of aryl methyl sites for hydroxylation is 2. The number of rotatable bonds is 5. The van der Waals surface area contributed by atoms with Crippen LogP contribution in [0, 0.1) is 13.8 Å². The Kier molecular flexibility index (Phi) is 6.13. The van der Waals surface area contributed by atoms with E-state index in [9.17, 15) is 18.0 Å². The van der Waals surface area contributed by atoms with Gasteiger partial charge in [-0.3, -0.25) is 9.20 Å². The average molecular weight is 546 g/mol. The maximum Gasteiger partial charge on any atom is 0.416 e. The van der Waals surface area contributed by atoms with E-state index in [4.69, 9.17) is 9.72 Å². The number of carbonyl (C=O) groups is 1. The highest BCUT2D eigenvalue weighted by Gasteiger charge is 2.36. The van der Waals surface area contributed by atoms with Crippen LogP contribution in [0.2, 0.25) is 0 Å². The van der Waals surface area contributed by atoms with E-state index in [-0.39, 0.29) is 18.3 Å². The van der Waals surface area contributed by atoms with Gasteiger partial charge in [0, 0.05) is 24.7 Å². The lowest BCUT2D eigenvalue weighted by molar-refractivity contribution is -0.137. The molecule has 0 saturated heterocycles. The van der Waals surface area contributed by atoms with Gasteiger partial charge in [-0.1, -0.05) is 29.8 Å². The predicted molar refractivity (Wildman–Crippen MR) is 146 cm³/mol. The Hall–Kier alpha value is -4.60. The molecule has 1 atom stereocenters.